The lowest BCUT2D eigenvalue weighted by molar-refractivity contribution is 0.109. The molecule has 0 saturated heterocycles. The first-order valence-corrected chi connectivity index (χ1v) is 15.8. The van der Waals surface area contributed by atoms with Gasteiger partial charge in [-0.25, -0.2) is 27.8 Å². The Morgan fingerprint density at radius 1 is 1.09 bits per heavy atom. The minimum absolute atomic E-state index is 0.0697. The Hall–Kier alpha value is -3.68. The molecular weight excluding hydrogens is 595 g/mol. The van der Waals surface area contributed by atoms with Gasteiger partial charge in [0.05, 0.1) is 11.2 Å². The van der Waals surface area contributed by atoms with Crippen molar-refractivity contribution in [2.75, 3.05) is 24.1 Å². The molecule has 2 N–H and O–H groups in total. The van der Waals surface area contributed by atoms with Gasteiger partial charge < -0.3 is 10.2 Å². The minimum atomic E-state index is -3.99. The lowest BCUT2D eigenvalue weighted by Gasteiger charge is -2.35. The quantitative estimate of drug-likeness (QED) is 0.281. The summed E-state index contributed by atoms with van der Waals surface area (Å²) in [5.41, 5.74) is 1.35. The van der Waals surface area contributed by atoms with Gasteiger partial charge >= 0.3 is 0 Å². The molecule has 0 radical (unpaired) electrons. The molecule has 0 aliphatic heterocycles. The number of fused-ring (bicyclic) bond motifs is 1. The van der Waals surface area contributed by atoms with E-state index in [2.05, 4.69) is 30.0 Å². The molecular formula is C29H34ClFN8O3S. The van der Waals surface area contributed by atoms with Crippen LogP contribution in [0.15, 0.2) is 52.3 Å². The Labute approximate surface area is 254 Å². The normalized spacial score (nSPS) is 19.2. The Kier molecular flexibility index (Phi) is 8.68. The Morgan fingerprint density at radius 2 is 1.84 bits per heavy atom. The molecule has 3 heterocycles. The lowest BCUT2D eigenvalue weighted by Crippen LogP contribution is -2.44. The van der Waals surface area contributed by atoms with Crippen LogP contribution in [0.25, 0.3) is 22.4 Å². The van der Waals surface area contributed by atoms with Crippen molar-refractivity contribution in [2.24, 2.45) is 0 Å². The highest BCUT2D eigenvalue weighted by molar-refractivity contribution is 7.92. The number of nitrogens with zero attached hydrogens (tertiary/aromatic N) is 6. The number of hydrogen-bond donors (Lipinski definition) is 2. The molecule has 1 aliphatic carbocycles. The zero-order valence-corrected chi connectivity index (χ0v) is 26.1. The summed E-state index contributed by atoms with van der Waals surface area (Å²) in [5.74, 6) is 0.379. The first kappa shape index (κ1) is 30.8. The highest BCUT2D eigenvalue weighted by Gasteiger charge is 2.32. The highest BCUT2D eigenvalue weighted by atomic mass is 35.5. The van der Waals surface area contributed by atoms with Gasteiger partial charge in [0.15, 0.2) is 5.65 Å². The summed E-state index contributed by atoms with van der Waals surface area (Å²) in [7, 11) is -0.212. The van der Waals surface area contributed by atoms with Crippen molar-refractivity contribution in [3.63, 3.8) is 0 Å². The van der Waals surface area contributed by atoms with E-state index in [1.807, 2.05) is 32.8 Å². The number of hydrogen-bond acceptors (Lipinski definition) is 9. The van der Waals surface area contributed by atoms with Crippen LogP contribution >= 0.6 is 11.6 Å². The van der Waals surface area contributed by atoms with Crippen molar-refractivity contribution in [1.29, 1.82) is 0 Å². The maximum absolute atomic E-state index is 14.7. The molecule has 0 amide bonds. The number of aryl methyl sites for hydroxylation is 1. The second-order valence-corrected chi connectivity index (χ2v) is 13.3. The molecule has 0 bridgehead atoms. The van der Waals surface area contributed by atoms with Gasteiger partial charge in [-0.1, -0.05) is 23.7 Å². The smallest absolute Gasteiger partial charge is 0.279 e. The van der Waals surface area contributed by atoms with Gasteiger partial charge in [-0.3, -0.25) is 14.1 Å². The minimum Gasteiger partial charge on any atom is -0.351 e. The van der Waals surface area contributed by atoms with Gasteiger partial charge in [-0.05, 0) is 72.0 Å². The molecule has 3 aromatic heterocycles. The van der Waals surface area contributed by atoms with E-state index >= 15 is 0 Å². The van der Waals surface area contributed by atoms with Gasteiger partial charge in [0.2, 0.25) is 5.95 Å². The van der Waals surface area contributed by atoms with Crippen LogP contribution in [0.5, 0.6) is 0 Å². The third-order valence-corrected chi connectivity index (χ3v) is 9.44. The van der Waals surface area contributed by atoms with Crippen LogP contribution in [0.4, 0.5) is 16.2 Å². The van der Waals surface area contributed by atoms with Crippen LogP contribution < -0.4 is 15.6 Å². The van der Waals surface area contributed by atoms with Crippen LogP contribution in [0, 0.1) is 6.92 Å². The van der Waals surface area contributed by atoms with E-state index in [0.717, 1.165) is 6.42 Å². The molecule has 0 spiro atoms. The van der Waals surface area contributed by atoms with Crippen LogP contribution in [0.3, 0.4) is 0 Å². The average Bonchev–Trinajstić information content (AvgIpc) is 2.92. The van der Waals surface area contributed by atoms with Crippen molar-refractivity contribution in [1.82, 2.24) is 29.4 Å². The molecule has 5 rings (SSSR count). The predicted octanol–water partition coefficient (Wildman–Crippen LogP) is 4.82. The van der Waals surface area contributed by atoms with E-state index in [9.17, 15) is 17.6 Å². The van der Waals surface area contributed by atoms with E-state index in [1.54, 1.807) is 35.9 Å². The van der Waals surface area contributed by atoms with Crippen molar-refractivity contribution < 1.29 is 12.8 Å². The van der Waals surface area contributed by atoms with Crippen LogP contribution in [0.1, 0.15) is 44.8 Å². The second-order valence-electron chi connectivity index (χ2n) is 11.2. The second kappa shape index (κ2) is 12.1. The van der Waals surface area contributed by atoms with Gasteiger partial charge in [-0.2, -0.15) is 4.98 Å². The number of rotatable bonds is 8. The Morgan fingerprint density at radius 3 is 2.49 bits per heavy atom. The molecule has 228 valence electrons. The summed E-state index contributed by atoms with van der Waals surface area (Å²) in [6.45, 7) is 5.40. The summed E-state index contributed by atoms with van der Waals surface area (Å²) in [6, 6.07) is 8.66. The van der Waals surface area contributed by atoms with E-state index in [0.29, 0.717) is 41.2 Å². The number of benzene rings is 1. The Balaban J connectivity index is 1.45. The van der Waals surface area contributed by atoms with Crippen LogP contribution in [-0.2, 0) is 10.0 Å². The molecule has 11 nitrogen and oxygen atoms in total. The molecule has 14 heteroatoms. The summed E-state index contributed by atoms with van der Waals surface area (Å²) in [4.78, 5) is 33.6. The number of pyridine rings is 1. The molecule has 1 aliphatic rings. The first-order chi connectivity index (χ1) is 20.4. The topological polar surface area (TPSA) is 135 Å². The van der Waals surface area contributed by atoms with Crippen molar-refractivity contribution in [2.45, 2.75) is 69.2 Å². The Bertz CT molecular complexity index is 1830. The fourth-order valence-corrected chi connectivity index (χ4v) is 6.97. The fourth-order valence-electron chi connectivity index (χ4n) is 5.44. The first-order valence-electron chi connectivity index (χ1n) is 14.0. The van der Waals surface area contributed by atoms with Gasteiger partial charge in [-0.15, -0.1) is 0 Å². The monoisotopic (exact) mass is 628 g/mol. The number of halogens is 2. The number of anilines is 2. The van der Waals surface area contributed by atoms with Crippen molar-refractivity contribution in [3.05, 3.63) is 63.7 Å². The standard InChI is InChI=1S/C29H34ClFN8O3S/c1-16(2)39-27-22(15-32-29(36-27)34-18-10-12-23(38(4)5)21(31)14-18)35-26(28(39)40)19-11-13-25(33-17(19)3)37-43(41,42)24-9-7-6-8-20(24)30/h6-9,11,13,15-16,18,21,23H,10,12,14H2,1-5H3,(H,33,37)(H,32,34,36). The van der Waals surface area contributed by atoms with Crippen molar-refractivity contribution in [3.8, 4) is 11.3 Å². The lowest BCUT2D eigenvalue weighted by atomic mass is 9.89. The van der Waals surface area contributed by atoms with Gasteiger partial charge in [0.25, 0.3) is 15.6 Å². The summed E-state index contributed by atoms with van der Waals surface area (Å²) >= 11 is 6.08. The van der Waals surface area contributed by atoms with Gasteiger partial charge in [0, 0.05) is 35.8 Å². The van der Waals surface area contributed by atoms with E-state index in [-0.39, 0.29) is 45.1 Å². The van der Waals surface area contributed by atoms with Crippen LogP contribution in [-0.4, -0.2) is 70.2 Å². The van der Waals surface area contributed by atoms with Gasteiger partial charge in [0.1, 0.15) is 28.1 Å². The number of nitrogens with one attached hydrogen (secondary N) is 2. The molecule has 1 saturated carbocycles. The van der Waals surface area contributed by atoms with Crippen LogP contribution in [0.2, 0.25) is 5.02 Å². The SMILES string of the molecule is Cc1nc(NS(=O)(=O)c2ccccc2Cl)ccc1-c1nc2cnc(NC3CCC(N(C)C)C(F)C3)nc2n(C(C)C)c1=O. The predicted molar refractivity (Wildman–Crippen MR) is 166 cm³/mol. The summed E-state index contributed by atoms with van der Waals surface area (Å²) < 4.78 is 44.5. The maximum Gasteiger partial charge on any atom is 0.279 e. The number of sulfonamides is 1. The molecule has 1 fully saturated rings. The zero-order valence-electron chi connectivity index (χ0n) is 24.5. The van der Waals surface area contributed by atoms with E-state index < -0.39 is 16.2 Å². The fraction of sp³-hybridized carbons (Fsp3) is 0.414. The maximum atomic E-state index is 14.7. The molecule has 1 aromatic carbocycles. The summed E-state index contributed by atoms with van der Waals surface area (Å²) in [5, 5.41) is 3.33. The summed E-state index contributed by atoms with van der Waals surface area (Å²) in [6.07, 6.45) is 2.41. The number of aromatic nitrogens is 5. The average molecular weight is 629 g/mol. The largest absolute Gasteiger partial charge is 0.351 e. The number of alkyl halides is 1. The highest BCUT2D eigenvalue weighted by Crippen LogP contribution is 2.28. The molecule has 4 aromatic rings. The molecule has 3 unspecified atom stereocenters. The molecule has 3 atom stereocenters. The van der Waals surface area contributed by atoms with E-state index in [4.69, 9.17) is 11.6 Å². The molecule has 43 heavy (non-hydrogen) atoms. The van der Waals surface area contributed by atoms with Crippen molar-refractivity contribution >= 4 is 44.6 Å². The third kappa shape index (κ3) is 6.34. The third-order valence-electron chi connectivity index (χ3n) is 7.59. The van der Waals surface area contributed by atoms with E-state index in [1.165, 1.54) is 18.2 Å². The zero-order chi connectivity index (χ0) is 31.1.